The Balaban J connectivity index is 2.41. The number of likely N-dealkylation sites (tertiary alicyclic amines) is 1. The number of nitrogens with one attached hydrogen (secondary N) is 1. The van der Waals surface area contributed by atoms with E-state index in [0.717, 1.165) is 6.54 Å². The van der Waals surface area contributed by atoms with Crippen molar-refractivity contribution in [2.75, 3.05) is 13.1 Å². The second-order valence-corrected chi connectivity index (χ2v) is 4.03. The molecule has 0 bridgehead atoms. The minimum absolute atomic E-state index is 0.0963. The van der Waals surface area contributed by atoms with Gasteiger partial charge in [0.05, 0.1) is 6.54 Å². The predicted octanol–water partition coefficient (Wildman–Crippen LogP) is 0.0967. The molecule has 2 atom stereocenters. The molecule has 1 fully saturated rings. The molecule has 0 aromatic heterocycles. The molecule has 1 saturated heterocycles. The van der Waals surface area contributed by atoms with Gasteiger partial charge in [-0.3, -0.25) is 15.1 Å². The lowest BCUT2D eigenvalue weighted by Gasteiger charge is -2.35. The molecule has 0 aliphatic carbocycles. The molecule has 1 amide bonds. The molecule has 13 heavy (non-hydrogen) atoms. The average Bonchev–Trinajstić information content (AvgIpc) is 2.11. The SMILES string of the molecule is CC1CCC(C)N(CC(=O)NN)C1. The van der Waals surface area contributed by atoms with Crippen molar-refractivity contribution < 1.29 is 4.79 Å². The van der Waals surface area contributed by atoms with E-state index in [9.17, 15) is 4.79 Å². The number of amides is 1. The number of carbonyl (C=O) groups is 1. The van der Waals surface area contributed by atoms with Crippen molar-refractivity contribution in [1.29, 1.82) is 0 Å². The molecule has 1 aliphatic rings. The molecule has 2 unspecified atom stereocenters. The molecule has 4 nitrogen and oxygen atoms in total. The first-order valence-corrected chi connectivity index (χ1v) is 4.87. The van der Waals surface area contributed by atoms with Crippen LogP contribution in [-0.2, 0) is 4.79 Å². The van der Waals surface area contributed by atoms with Gasteiger partial charge in [0.25, 0.3) is 0 Å². The highest BCUT2D eigenvalue weighted by molar-refractivity contribution is 5.77. The van der Waals surface area contributed by atoms with E-state index in [0.29, 0.717) is 18.5 Å². The van der Waals surface area contributed by atoms with E-state index in [4.69, 9.17) is 5.84 Å². The Labute approximate surface area is 79.4 Å². The Kier molecular flexibility index (Phi) is 3.69. The van der Waals surface area contributed by atoms with Crippen LogP contribution in [0.1, 0.15) is 26.7 Å². The Morgan fingerprint density at radius 3 is 2.85 bits per heavy atom. The van der Waals surface area contributed by atoms with Crippen LogP contribution in [0.25, 0.3) is 0 Å². The monoisotopic (exact) mass is 185 g/mol. The lowest BCUT2D eigenvalue weighted by Crippen LogP contribution is -2.47. The third-order valence-corrected chi connectivity index (χ3v) is 2.75. The topological polar surface area (TPSA) is 58.4 Å². The van der Waals surface area contributed by atoms with E-state index < -0.39 is 0 Å². The first kappa shape index (κ1) is 10.5. The molecule has 0 aromatic rings. The van der Waals surface area contributed by atoms with Crippen molar-refractivity contribution >= 4 is 5.91 Å². The summed E-state index contributed by atoms with van der Waals surface area (Å²) in [5.74, 6) is 5.64. The summed E-state index contributed by atoms with van der Waals surface area (Å²) in [6.45, 7) is 5.82. The highest BCUT2D eigenvalue weighted by atomic mass is 16.2. The lowest BCUT2D eigenvalue weighted by molar-refractivity contribution is -0.123. The Morgan fingerprint density at radius 2 is 2.23 bits per heavy atom. The van der Waals surface area contributed by atoms with Crippen molar-refractivity contribution in [3.05, 3.63) is 0 Å². The van der Waals surface area contributed by atoms with Crippen LogP contribution in [0.15, 0.2) is 0 Å². The molecule has 76 valence electrons. The van der Waals surface area contributed by atoms with Gasteiger partial charge < -0.3 is 0 Å². The highest BCUT2D eigenvalue weighted by Crippen LogP contribution is 2.20. The maximum absolute atomic E-state index is 11.1. The fourth-order valence-corrected chi connectivity index (χ4v) is 1.83. The number of hydrogen-bond acceptors (Lipinski definition) is 3. The molecule has 1 aliphatic heterocycles. The number of hydrazine groups is 1. The fraction of sp³-hybridized carbons (Fsp3) is 0.889. The van der Waals surface area contributed by atoms with Crippen LogP contribution in [0.2, 0.25) is 0 Å². The second-order valence-electron chi connectivity index (χ2n) is 4.03. The molecule has 3 N–H and O–H groups in total. The summed E-state index contributed by atoms with van der Waals surface area (Å²) in [5, 5.41) is 0. The van der Waals surface area contributed by atoms with Gasteiger partial charge in [0.15, 0.2) is 0 Å². The lowest BCUT2D eigenvalue weighted by atomic mass is 9.95. The Hall–Kier alpha value is -0.610. The van der Waals surface area contributed by atoms with Gasteiger partial charge in [0, 0.05) is 12.6 Å². The van der Waals surface area contributed by atoms with Gasteiger partial charge in [-0.15, -0.1) is 0 Å². The summed E-state index contributed by atoms with van der Waals surface area (Å²) in [6.07, 6.45) is 2.45. The summed E-state index contributed by atoms with van der Waals surface area (Å²) in [6, 6.07) is 0.508. The van der Waals surface area contributed by atoms with Crippen LogP contribution in [0, 0.1) is 5.92 Å². The zero-order valence-corrected chi connectivity index (χ0v) is 8.42. The standard InChI is InChI=1S/C9H19N3O/c1-7-3-4-8(2)12(5-7)6-9(13)11-10/h7-8H,3-6,10H2,1-2H3,(H,11,13). The maximum atomic E-state index is 11.1. The largest absolute Gasteiger partial charge is 0.293 e. The minimum Gasteiger partial charge on any atom is -0.293 e. The number of carbonyl (C=O) groups excluding carboxylic acids is 1. The minimum atomic E-state index is -0.0963. The normalized spacial score (nSPS) is 30.1. The second kappa shape index (κ2) is 4.58. The van der Waals surface area contributed by atoms with Crippen molar-refractivity contribution in [3.63, 3.8) is 0 Å². The van der Waals surface area contributed by atoms with Crippen LogP contribution in [-0.4, -0.2) is 29.9 Å². The van der Waals surface area contributed by atoms with Crippen LogP contribution in [0.4, 0.5) is 0 Å². The van der Waals surface area contributed by atoms with E-state index in [1.54, 1.807) is 0 Å². The van der Waals surface area contributed by atoms with Gasteiger partial charge in [-0.1, -0.05) is 6.92 Å². The van der Waals surface area contributed by atoms with Crippen LogP contribution in [0.3, 0.4) is 0 Å². The zero-order valence-electron chi connectivity index (χ0n) is 8.42. The Morgan fingerprint density at radius 1 is 1.54 bits per heavy atom. The summed E-state index contributed by atoms with van der Waals surface area (Å²) in [7, 11) is 0. The molecule has 0 radical (unpaired) electrons. The van der Waals surface area contributed by atoms with Gasteiger partial charge in [0.2, 0.25) is 5.91 Å². The van der Waals surface area contributed by atoms with E-state index in [1.807, 2.05) is 0 Å². The molecule has 4 heteroatoms. The molecule has 1 heterocycles. The van der Waals surface area contributed by atoms with E-state index in [1.165, 1.54) is 12.8 Å². The Bertz CT molecular complexity index is 184. The molecule has 0 spiro atoms. The van der Waals surface area contributed by atoms with E-state index in [-0.39, 0.29) is 5.91 Å². The van der Waals surface area contributed by atoms with E-state index >= 15 is 0 Å². The molecular weight excluding hydrogens is 166 g/mol. The highest BCUT2D eigenvalue weighted by Gasteiger charge is 2.23. The molecule has 1 rings (SSSR count). The van der Waals surface area contributed by atoms with Gasteiger partial charge in [-0.05, 0) is 25.7 Å². The summed E-state index contributed by atoms with van der Waals surface area (Å²) >= 11 is 0. The van der Waals surface area contributed by atoms with Crippen LogP contribution < -0.4 is 11.3 Å². The number of piperidine rings is 1. The molecule has 0 saturated carbocycles. The summed E-state index contributed by atoms with van der Waals surface area (Å²) in [5.41, 5.74) is 2.17. The predicted molar refractivity (Wildman–Crippen MR) is 51.8 cm³/mol. The third kappa shape index (κ3) is 2.97. The van der Waals surface area contributed by atoms with Gasteiger partial charge in [-0.25, -0.2) is 5.84 Å². The molecular formula is C9H19N3O. The van der Waals surface area contributed by atoms with Crippen LogP contribution >= 0.6 is 0 Å². The van der Waals surface area contributed by atoms with Gasteiger partial charge in [0.1, 0.15) is 0 Å². The van der Waals surface area contributed by atoms with Crippen LogP contribution in [0.5, 0.6) is 0 Å². The van der Waals surface area contributed by atoms with Crippen molar-refractivity contribution in [2.24, 2.45) is 11.8 Å². The van der Waals surface area contributed by atoms with E-state index in [2.05, 4.69) is 24.2 Å². The molecule has 0 aromatic carbocycles. The van der Waals surface area contributed by atoms with Crippen molar-refractivity contribution in [2.45, 2.75) is 32.7 Å². The number of rotatable bonds is 2. The van der Waals surface area contributed by atoms with Gasteiger partial charge >= 0.3 is 0 Å². The average molecular weight is 185 g/mol. The number of nitrogens with zero attached hydrogens (tertiary/aromatic N) is 1. The first-order chi connectivity index (χ1) is 6.13. The quantitative estimate of drug-likeness (QED) is 0.364. The smallest absolute Gasteiger partial charge is 0.248 e. The maximum Gasteiger partial charge on any atom is 0.248 e. The fourth-order valence-electron chi connectivity index (χ4n) is 1.83. The number of hydrogen-bond donors (Lipinski definition) is 2. The van der Waals surface area contributed by atoms with Gasteiger partial charge in [-0.2, -0.15) is 0 Å². The first-order valence-electron chi connectivity index (χ1n) is 4.87. The zero-order chi connectivity index (χ0) is 9.84. The summed E-state index contributed by atoms with van der Waals surface area (Å²) < 4.78 is 0. The van der Waals surface area contributed by atoms with Crippen molar-refractivity contribution in [3.8, 4) is 0 Å². The summed E-state index contributed by atoms with van der Waals surface area (Å²) in [4.78, 5) is 13.2. The van der Waals surface area contributed by atoms with Crippen molar-refractivity contribution in [1.82, 2.24) is 10.3 Å². The third-order valence-electron chi connectivity index (χ3n) is 2.75. The number of nitrogens with two attached hydrogens (primary N) is 1.